The average molecular weight is 491 g/mol. The molecule has 0 spiro atoms. The molecule has 3 heterocycles. The number of aromatic nitrogens is 3. The molecule has 0 unspecified atom stereocenters. The fraction of sp³-hybridized carbons (Fsp3) is 0.300. The second-order valence-electron chi connectivity index (χ2n) is 10.5. The summed E-state index contributed by atoms with van der Waals surface area (Å²) in [5.74, 6) is -0.442. The van der Waals surface area contributed by atoms with Gasteiger partial charge >= 0.3 is 5.72 Å². The van der Waals surface area contributed by atoms with Crippen molar-refractivity contribution in [3.05, 3.63) is 89.4 Å². The van der Waals surface area contributed by atoms with Crippen LogP contribution in [-0.2, 0) is 21.4 Å². The van der Waals surface area contributed by atoms with Crippen LogP contribution in [0.4, 0.5) is 4.39 Å². The molecule has 2 aromatic carbocycles. The molecule has 7 rings (SSSR count). The monoisotopic (exact) mass is 490 g/mol. The Balaban J connectivity index is 1.54. The molecule has 0 radical (unpaired) electrons. The Morgan fingerprint density at radius 1 is 1.08 bits per heavy atom. The van der Waals surface area contributed by atoms with Gasteiger partial charge in [0.1, 0.15) is 5.82 Å². The summed E-state index contributed by atoms with van der Waals surface area (Å²) in [5, 5.41) is 1.90. The van der Waals surface area contributed by atoms with Gasteiger partial charge in [-0.15, -0.1) is 0 Å². The fourth-order valence-electron chi connectivity index (χ4n) is 6.83. The van der Waals surface area contributed by atoms with Crippen molar-refractivity contribution in [3.63, 3.8) is 0 Å². The zero-order chi connectivity index (χ0) is 25.5. The maximum atomic E-state index is 15.2. The predicted octanol–water partition coefficient (Wildman–Crippen LogP) is 5.55. The molecule has 5 atom stereocenters. The van der Waals surface area contributed by atoms with Gasteiger partial charge in [-0.05, 0) is 36.3 Å². The van der Waals surface area contributed by atoms with Crippen LogP contribution in [-0.4, -0.2) is 32.6 Å². The third-order valence-corrected chi connectivity index (χ3v) is 8.71. The molecule has 0 bridgehead atoms. The van der Waals surface area contributed by atoms with Crippen LogP contribution in [0.5, 0.6) is 0 Å². The lowest BCUT2D eigenvalue weighted by atomic mass is 9.55. The highest BCUT2D eigenvalue weighted by molar-refractivity contribution is 5.97. The van der Waals surface area contributed by atoms with Gasteiger partial charge in [0, 0.05) is 40.4 Å². The van der Waals surface area contributed by atoms with Gasteiger partial charge in [0.25, 0.3) is 5.78 Å². The van der Waals surface area contributed by atoms with Gasteiger partial charge in [-0.3, -0.25) is 19.4 Å². The summed E-state index contributed by atoms with van der Waals surface area (Å²) >= 11 is 0. The number of Topliss-reactive ketones (excluding diaryl/α,β-unsaturated/α-hetero) is 1. The summed E-state index contributed by atoms with van der Waals surface area (Å²) in [4.78, 5) is 31.4. The van der Waals surface area contributed by atoms with Gasteiger partial charge in [0.15, 0.2) is 11.9 Å². The van der Waals surface area contributed by atoms with Gasteiger partial charge < -0.3 is 0 Å². The Kier molecular flexibility index (Phi) is 4.50. The van der Waals surface area contributed by atoms with Crippen molar-refractivity contribution in [2.45, 2.75) is 43.9 Å². The highest BCUT2D eigenvalue weighted by atomic mass is 19.1. The van der Waals surface area contributed by atoms with Crippen LogP contribution < -0.4 is 0 Å². The Morgan fingerprint density at radius 2 is 1.86 bits per heavy atom. The summed E-state index contributed by atoms with van der Waals surface area (Å²) in [6, 6.07) is 14.5. The molecule has 4 aromatic rings. The first kappa shape index (κ1) is 22.2. The zero-order valence-electron chi connectivity index (χ0n) is 20.4. The standard InChI is InChI=1S/C30H23FN4O2/c1-16-22-13-12-20-24(19-10-6-7-11-23(19)31)34-27(21-15-33-14-17-8-4-5-9-18(17)21)35-25(20)29(22,2)28-30(32-3,37-28)26(16)36/h4-11,14-16,22,28H,12-13H2,1-2H3/t16-,22-,28+,29-,30-/m1/s1. The molecule has 1 saturated heterocycles. The van der Waals surface area contributed by atoms with E-state index in [1.165, 1.54) is 6.07 Å². The van der Waals surface area contributed by atoms with E-state index in [-0.39, 0.29) is 23.4 Å². The van der Waals surface area contributed by atoms with Crippen LogP contribution in [0, 0.1) is 24.2 Å². The van der Waals surface area contributed by atoms with Crippen LogP contribution in [0.2, 0.25) is 0 Å². The molecule has 2 aromatic heterocycles. The lowest BCUT2D eigenvalue weighted by molar-refractivity contribution is -0.130. The van der Waals surface area contributed by atoms with Crippen molar-refractivity contribution < 1.29 is 13.9 Å². The number of benzene rings is 2. The van der Waals surface area contributed by atoms with Gasteiger partial charge in [-0.1, -0.05) is 50.2 Å². The van der Waals surface area contributed by atoms with Crippen LogP contribution in [0.3, 0.4) is 0 Å². The molecule has 0 N–H and O–H groups in total. The van der Waals surface area contributed by atoms with E-state index in [9.17, 15) is 4.79 Å². The van der Waals surface area contributed by atoms with E-state index in [2.05, 4.69) is 16.8 Å². The van der Waals surface area contributed by atoms with Crippen molar-refractivity contribution in [2.24, 2.45) is 11.8 Å². The van der Waals surface area contributed by atoms with E-state index in [1.807, 2.05) is 31.2 Å². The summed E-state index contributed by atoms with van der Waals surface area (Å²) in [7, 11) is 0. The summed E-state index contributed by atoms with van der Waals surface area (Å²) in [6.45, 7) is 11.7. The molecule has 7 heteroatoms. The number of rotatable bonds is 2. The molecule has 2 fully saturated rings. The minimum atomic E-state index is -1.45. The molecular weight excluding hydrogens is 467 g/mol. The lowest BCUT2D eigenvalue weighted by Gasteiger charge is -2.45. The van der Waals surface area contributed by atoms with Gasteiger partial charge in [-0.25, -0.2) is 20.9 Å². The van der Waals surface area contributed by atoms with Gasteiger partial charge in [0.05, 0.1) is 16.8 Å². The van der Waals surface area contributed by atoms with E-state index >= 15 is 4.39 Å². The highest BCUT2D eigenvalue weighted by Gasteiger charge is 2.83. The van der Waals surface area contributed by atoms with E-state index < -0.39 is 17.2 Å². The van der Waals surface area contributed by atoms with Crippen LogP contribution in [0.25, 0.3) is 38.3 Å². The second kappa shape index (κ2) is 7.50. The number of carbonyl (C=O) groups is 1. The predicted molar refractivity (Wildman–Crippen MR) is 136 cm³/mol. The number of fused-ring (bicyclic) bond motifs is 6. The molecule has 37 heavy (non-hydrogen) atoms. The van der Waals surface area contributed by atoms with E-state index in [4.69, 9.17) is 21.3 Å². The first-order valence-electron chi connectivity index (χ1n) is 12.5. The quantitative estimate of drug-likeness (QED) is 0.272. The third-order valence-electron chi connectivity index (χ3n) is 8.71. The number of hydrogen-bond donors (Lipinski definition) is 0. The molecule has 2 aliphatic carbocycles. The molecule has 3 aliphatic rings. The van der Waals surface area contributed by atoms with Crippen molar-refractivity contribution in [1.82, 2.24) is 15.0 Å². The maximum Gasteiger partial charge on any atom is 0.424 e. The van der Waals surface area contributed by atoms with Crippen LogP contribution in [0.1, 0.15) is 31.5 Å². The molecule has 1 saturated carbocycles. The Bertz CT molecular complexity index is 1680. The number of carbonyl (C=O) groups excluding carboxylic acids is 1. The number of ketones is 1. The minimum absolute atomic E-state index is 0.0447. The SMILES string of the molecule is [C-]#[N+][C@]12O[C@H]1[C@@]1(C)c3nc(-c4cncc5ccccc45)nc(-c4ccccc4F)c3CC[C@@H]1[C@@H](C)C2=O. The Labute approximate surface area is 213 Å². The molecule has 1 aliphatic heterocycles. The van der Waals surface area contributed by atoms with E-state index in [0.29, 0.717) is 29.9 Å². The van der Waals surface area contributed by atoms with Gasteiger partial charge in [-0.2, -0.15) is 0 Å². The maximum absolute atomic E-state index is 15.2. The number of ether oxygens (including phenoxy) is 1. The first-order valence-corrected chi connectivity index (χ1v) is 12.5. The molecular formula is C30H23FN4O2. The summed E-state index contributed by atoms with van der Waals surface area (Å²) < 4.78 is 21.2. The smallest absolute Gasteiger partial charge is 0.287 e. The second-order valence-corrected chi connectivity index (χ2v) is 10.5. The van der Waals surface area contributed by atoms with Crippen LogP contribution in [0.15, 0.2) is 60.9 Å². The Hall–Kier alpha value is -4.02. The molecule has 182 valence electrons. The van der Waals surface area contributed by atoms with Crippen LogP contribution >= 0.6 is 0 Å². The van der Waals surface area contributed by atoms with Crippen molar-refractivity contribution >= 4 is 16.6 Å². The minimum Gasteiger partial charge on any atom is -0.287 e. The number of nitrogens with zero attached hydrogens (tertiary/aromatic N) is 4. The van der Waals surface area contributed by atoms with Gasteiger partial charge in [0.2, 0.25) is 0 Å². The summed E-state index contributed by atoms with van der Waals surface area (Å²) in [5.41, 5.74) is 1.16. The van der Waals surface area contributed by atoms with Crippen molar-refractivity contribution in [2.75, 3.05) is 0 Å². The molecule has 0 amide bonds. The normalized spacial score (nSPS) is 29.7. The number of epoxide rings is 1. The first-order chi connectivity index (χ1) is 17.9. The van der Waals surface area contributed by atoms with Crippen molar-refractivity contribution in [3.8, 4) is 22.6 Å². The highest BCUT2D eigenvalue weighted by Crippen LogP contribution is 2.63. The lowest BCUT2D eigenvalue weighted by Crippen LogP contribution is -2.55. The van der Waals surface area contributed by atoms with E-state index in [1.54, 1.807) is 30.6 Å². The Morgan fingerprint density at radius 3 is 2.68 bits per heavy atom. The molecule has 6 nitrogen and oxygen atoms in total. The average Bonchev–Trinajstić information content (AvgIpc) is 3.69. The summed E-state index contributed by atoms with van der Waals surface area (Å²) in [6.07, 6.45) is 4.27. The topological polar surface area (TPSA) is 72.6 Å². The van der Waals surface area contributed by atoms with E-state index in [0.717, 1.165) is 27.6 Å². The largest absolute Gasteiger partial charge is 0.424 e. The number of pyridine rings is 1. The number of halogens is 1. The third kappa shape index (κ3) is 2.82. The van der Waals surface area contributed by atoms with Crippen molar-refractivity contribution in [1.29, 1.82) is 0 Å². The number of hydrogen-bond acceptors (Lipinski definition) is 5. The zero-order valence-corrected chi connectivity index (χ0v) is 20.4. The fourth-order valence-corrected chi connectivity index (χ4v) is 6.83.